The highest BCUT2D eigenvalue weighted by atomic mass is 16.5. The fourth-order valence-corrected chi connectivity index (χ4v) is 1.34. The van der Waals surface area contributed by atoms with Crippen molar-refractivity contribution in [1.29, 1.82) is 0 Å². The zero-order chi connectivity index (χ0) is 11.4. The Labute approximate surface area is 94.1 Å². The van der Waals surface area contributed by atoms with Crippen molar-refractivity contribution in [2.24, 2.45) is 0 Å². The van der Waals surface area contributed by atoms with E-state index < -0.39 is 0 Å². The van der Waals surface area contributed by atoms with Crippen LogP contribution in [0.25, 0.3) is 0 Å². The number of hydrogen-bond donors (Lipinski definition) is 1. The molecule has 0 aliphatic carbocycles. The van der Waals surface area contributed by atoms with Crippen LogP contribution >= 0.6 is 0 Å². The summed E-state index contributed by atoms with van der Waals surface area (Å²) in [7, 11) is 0. The van der Waals surface area contributed by atoms with Crippen LogP contribution in [-0.4, -0.2) is 9.97 Å². The van der Waals surface area contributed by atoms with Crippen LogP contribution in [0.4, 0.5) is 5.82 Å². The highest BCUT2D eigenvalue weighted by molar-refractivity contribution is 5.32. The summed E-state index contributed by atoms with van der Waals surface area (Å²) in [5.41, 5.74) is 6.75. The van der Waals surface area contributed by atoms with E-state index in [1.165, 1.54) is 5.56 Å². The molecule has 0 spiro atoms. The number of rotatable bonds is 3. The molecule has 16 heavy (non-hydrogen) atoms. The molecule has 2 N–H and O–H groups in total. The maximum Gasteiger partial charge on any atom is 0.323 e. The molecule has 0 amide bonds. The van der Waals surface area contributed by atoms with E-state index >= 15 is 0 Å². The zero-order valence-electron chi connectivity index (χ0n) is 9.05. The molecule has 0 saturated heterocycles. The second kappa shape index (κ2) is 4.61. The SMILES string of the molecule is CCc1cccc(Oc2nccc(N)n2)c1. The predicted molar refractivity (Wildman–Crippen MR) is 62.3 cm³/mol. The normalized spacial score (nSPS) is 10.1. The number of benzene rings is 1. The lowest BCUT2D eigenvalue weighted by Crippen LogP contribution is -1.95. The van der Waals surface area contributed by atoms with Gasteiger partial charge in [0.1, 0.15) is 11.6 Å². The van der Waals surface area contributed by atoms with Crippen molar-refractivity contribution in [3.05, 3.63) is 42.1 Å². The Bertz CT molecular complexity index is 485. The Balaban J connectivity index is 2.20. The van der Waals surface area contributed by atoms with E-state index in [4.69, 9.17) is 10.5 Å². The average molecular weight is 215 g/mol. The van der Waals surface area contributed by atoms with Gasteiger partial charge in [-0.05, 0) is 30.2 Å². The quantitative estimate of drug-likeness (QED) is 0.854. The van der Waals surface area contributed by atoms with Crippen LogP contribution in [0.5, 0.6) is 11.8 Å². The molecule has 0 bridgehead atoms. The summed E-state index contributed by atoms with van der Waals surface area (Å²) in [6.45, 7) is 2.09. The van der Waals surface area contributed by atoms with Gasteiger partial charge in [0.05, 0.1) is 0 Å². The second-order valence-electron chi connectivity index (χ2n) is 3.37. The van der Waals surface area contributed by atoms with Crippen molar-refractivity contribution in [3.63, 3.8) is 0 Å². The van der Waals surface area contributed by atoms with Crippen LogP contribution in [0.3, 0.4) is 0 Å². The molecule has 1 aromatic heterocycles. The number of hydrogen-bond acceptors (Lipinski definition) is 4. The molecule has 0 aliphatic rings. The van der Waals surface area contributed by atoms with Gasteiger partial charge in [-0.15, -0.1) is 0 Å². The van der Waals surface area contributed by atoms with Gasteiger partial charge in [0.25, 0.3) is 0 Å². The van der Waals surface area contributed by atoms with Crippen LogP contribution in [0.15, 0.2) is 36.5 Å². The minimum atomic E-state index is 0.272. The number of nitrogens with two attached hydrogens (primary N) is 1. The predicted octanol–water partition coefficient (Wildman–Crippen LogP) is 2.41. The molecule has 0 unspecified atom stereocenters. The topological polar surface area (TPSA) is 61.0 Å². The van der Waals surface area contributed by atoms with Crippen LogP contribution in [0.1, 0.15) is 12.5 Å². The first kappa shape index (κ1) is 10.4. The first-order valence-corrected chi connectivity index (χ1v) is 5.13. The highest BCUT2D eigenvalue weighted by Crippen LogP contribution is 2.19. The van der Waals surface area contributed by atoms with Crippen molar-refractivity contribution in [1.82, 2.24) is 9.97 Å². The molecule has 2 rings (SSSR count). The number of nitrogen functional groups attached to an aromatic ring is 1. The second-order valence-corrected chi connectivity index (χ2v) is 3.37. The fraction of sp³-hybridized carbons (Fsp3) is 0.167. The largest absolute Gasteiger partial charge is 0.424 e. The molecule has 4 nitrogen and oxygen atoms in total. The van der Waals surface area contributed by atoms with E-state index in [0.29, 0.717) is 5.82 Å². The summed E-state index contributed by atoms with van der Waals surface area (Å²) in [4.78, 5) is 7.95. The average Bonchev–Trinajstić information content (AvgIpc) is 2.29. The Morgan fingerprint density at radius 3 is 2.94 bits per heavy atom. The van der Waals surface area contributed by atoms with Crippen LogP contribution < -0.4 is 10.5 Å². The maximum absolute atomic E-state index is 5.54. The summed E-state index contributed by atoms with van der Waals surface area (Å²) in [5, 5.41) is 0. The van der Waals surface area contributed by atoms with Gasteiger partial charge in [-0.3, -0.25) is 0 Å². The van der Waals surface area contributed by atoms with Crippen molar-refractivity contribution in [2.75, 3.05) is 5.73 Å². The standard InChI is InChI=1S/C12H13N3O/c1-2-9-4-3-5-10(8-9)16-12-14-7-6-11(13)15-12/h3-8H,2H2,1H3,(H2,13,14,15). The van der Waals surface area contributed by atoms with Gasteiger partial charge in [0.2, 0.25) is 0 Å². The Hall–Kier alpha value is -2.10. The molecule has 0 fully saturated rings. The first-order valence-electron chi connectivity index (χ1n) is 5.13. The van der Waals surface area contributed by atoms with Gasteiger partial charge in [-0.25, -0.2) is 4.98 Å². The smallest absolute Gasteiger partial charge is 0.323 e. The third-order valence-electron chi connectivity index (χ3n) is 2.17. The van der Waals surface area contributed by atoms with Gasteiger partial charge in [-0.1, -0.05) is 19.1 Å². The fourth-order valence-electron chi connectivity index (χ4n) is 1.34. The Kier molecular flexibility index (Phi) is 3.00. The molecule has 1 heterocycles. The monoisotopic (exact) mass is 215 g/mol. The Morgan fingerprint density at radius 2 is 2.19 bits per heavy atom. The molecular formula is C12H13N3O. The Morgan fingerprint density at radius 1 is 1.31 bits per heavy atom. The molecule has 0 radical (unpaired) electrons. The summed E-state index contributed by atoms with van der Waals surface area (Å²) in [6.07, 6.45) is 2.54. The van der Waals surface area contributed by atoms with Crippen molar-refractivity contribution < 1.29 is 4.74 Å². The van der Waals surface area contributed by atoms with E-state index in [1.54, 1.807) is 12.3 Å². The van der Waals surface area contributed by atoms with Crippen LogP contribution in [0.2, 0.25) is 0 Å². The summed E-state index contributed by atoms with van der Waals surface area (Å²) in [6, 6.07) is 9.72. The van der Waals surface area contributed by atoms with Gasteiger partial charge < -0.3 is 10.5 Å². The molecular weight excluding hydrogens is 202 g/mol. The number of nitrogens with zero attached hydrogens (tertiary/aromatic N) is 2. The summed E-state index contributed by atoms with van der Waals surface area (Å²) < 4.78 is 5.50. The lowest BCUT2D eigenvalue weighted by atomic mass is 10.2. The summed E-state index contributed by atoms with van der Waals surface area (Å²) in [5.74, 6) is 1.13. The summed E-state index contributed by atoms with van der Waals surface area (Å²) >= 11 is 0. The van der Waals surface area contributed by atoms with Gasteiger partial charge >= 0.3 is 6.01 Å². The van der Waals surface area contributed by atoms with E-state index in [-0.39, 0.29) is 6.01 Å². The van der Waals surface area contributed by atoms with E-state index in [1.807, 2.05) is 24.3 Å². The highest BCUT2D eigenvalue weighted by Gasteiger charge is 2.01. The molecule has 2 aromatic rings. The van der Waals surface area contributed by atoms with Crippen LogP contribution in [-0.2, 0) is 6.42 Å². The third-order valence-corrected chi connectivity index (χ3v) is 2.17. The van der Waals surface area contributed by atoms with Crippen molar-refractivity contribution in [2.45, 2.75) is 13.3 Å². The molecule has 0 aliphatic heterocycles. The molecule has 1 aromatic carbocycles. The van der Waals surface area contributed by atoms with Crippen molar-refractivity contribution in [3.8, 4) is 11.8 Å². The van der Waals surface area contributed by atoms with E-state index in [2.05, 4.69) is 16.9 Å². The third kappa shape index (κ3) is 2.48. The lowest BCUT2D eigenvalue weighted by Gasteiger charge is -2.05. The maximum atomic E-state index is 5.54. The first-order chi connectivity index (χ1) is 7.78. The van der Waals surface area contributed by atoms with Gasteiger partial charge in [0.15, 0.2) is 0 Å². The number of aromatic nitrogens is 2. The minimum absolute atomic E-state index is 0.272. The van der Waals surface area contributed by atoms with Gasteiger partial charge in [0, 0.05) is 6.20 Å². The minimum Gasteiger partial charge on any atom is -0.424 e. The zero-order valence-corrected chi connectivity index (χ0v) is 9.05. The van der Waals surface area contributed by atoms with Crippen molar-refractivity contribution >= 4 is 5.82 Å². The number of anilines is 1. The van der Waals surface area contributed by atoms with Crippen LogP contribution in [0, 0.1) is 0 Å². The molecule has 82 valence electrons. The molecule has 0 atom stereocenters. The molecule has 0 saturated carbocycles. The van der Waals surface area contributed by atoms with Gasteiger partial charge in [-0.2, -0.15) is 4.98 Å². The van der Waals surface area contributed by atoms with E-state index in [9.17, 15) is 0 Å². The molecule has 4 heteroatoms. The van der Waals surface area contributed by atoms with E-state index in [0.717, 1.165) is 12.2 Å². The lowest BCUT2D eigenvalue weighted by molar-refractivity contribution is 0.442. The number of aryl methyl sites for hydroxylation is 1. The number of ether oxygens (including phenoxy) is 1.